The normalized spacial score (nSPS) is 11.8. The van der Waals surface area contributed by atoms with E-state index in [9.17, 15) is 10.1 Å². The van der Waals surface area contributed by atoms with Gasteiger partial charge < -0.3 is 4.42 Å². The minimum Gasteiger partial charge on any atom is -0.406 e. The number of aromatic amines is 1. The predicted molar refractivity (Wildman–Crippen MR) is 113 cm³/mol. The Labute approximate surface area is 171 Å². The summed E-state index contributed by atoms with van der Waals surface area (Å²) in [4.78, 5) is 17.2. The van der Waals surface area contributed by atoms with Gasteiger partial charge in [-0.2, -0.15) is 10.4 Å². The summed E-state index contributed by atoms with van der Waals surface area (Å²) in [6, 6.07) is 15.5. The molecule has 0 fully saturated rings. The molecular weight excluding hydrogens is 378 g/mol. The van der Waals surface area contributed by atoms with Crippen LogP contribution < -0.4 is 5.76 Å². The number of nitrogens with zero attached hydrogens (tertiary/aromatic N) is 4. The van der Waals surface area contributed by atoms with Crippen LogP contribution in [-0.2, 0) is 5.41 Å². The fourth-order valence-corrected chi connectivity index (χ4v) is 3.61. The van der Waals surface area contributed by atoms with Crippen LogP contribution in [0.25, 0.3) is 38.8 Å². The highest BCUT2D eigenvalue weighted by Gasteiger charge is 2.21. The number of nitrogens with one attached hydrogen (secondary N) is 1. The summed E-state index contributed by atoms with van der Waals surface area (Å²) in [6.45, 7) is 3.72. The molecule has 0 aliphatic carbocycles. The molecule has 0 aliphatic rings. The maximum Gasteiger partial charge on any atom is 0.424 e. The maximum atomic E-state index is 12.7. The molecule has 5 rings (SSSR count). The number of fused-ring (bicyclic) bond motifs is 3. The van der Waals surface area contributed by atoms with Crippen molar-refractivity contribution in [2.45, 2.75) is 19.3 Å². The number of nitriles is 1. The number of aromatic nitrogens is 4. The molecule has 0 atom stereocenters. The molecule has 0 spiro atoms. The third-order valence-corrected chi connectivity index (χ3v) is 5.37. The highest BCUT2D eigenvalue weighted by atomic mass is 16.4. The average molecular weight is 395 g/mol. The molecule has 1 N–H and O–H groups in total. The Morgan fingerprint density at radius 3 is 2.60 bits per heavy atom. The number of H-pyrrole nitrogens is 1. The van der Waals surface area contributed by atoms with Crippen molar-refractivity contribution in [2.75, 3.05) is 0 Å². The summed E-state index contributed by atoms with van der Waals surface area (Å²) in [7, 11) is 0. The Kier molecular flexibility index (Phi) is 3.83. The third-order valence-electron chi connectivity index (χ3n) is 5.37. The molecule has 7 nitrogen and oxygen atoms in total. The van der Waals surface area contributed by atoms with Gasteiger partial charge in [-0.25, -0.2) is 9.36 Å². The van der Waals surface area contributed by atoms with Crippen molar-refractivity contribution in [2.24, 2.45) is 0 Å². The van der Waals surface area contributed by atoms with E-state index in [1.807, 2.05) is 62.5 Å². The van der Waals surface area contributed by atoms with Gasteiger partial charge in [-0.1, -0.05) is 18.2 Å². The van der Waals surface area contributed by atoms with Crippen molar-refractivity contribution in [3.05, 3.63) is 77.2 Å². The van der Waals surface area contributed by atoms with Crippen molar-refractivity contribution in [3.63, 3.8) is 0 Å². The van der Waals surface area contributed by atoms with Crippen LogP contribution in [0.2, 0.25) is 0 Å². The lowest BCUT2D eigenvalue weighted by molar-refractivity contribution is 0.539. The van der Waals surface area contributed by atoms with Crippen molar-refractivity contribution in [1.82, 2.24) is 19.7 Å². The van der Waals surface area contributed by atoms with Crippen LogP contribution >= 0.6 is 0 Å². The first-order valence-electron chi connectivity index (χ1n) is 9.43. The summed E-state index contributed by atoms with van der Waals surface area (Å²) in [5.41, 5.74) is 4.65. The van der Waals surface area contributed by atoms with Crippen LogP contribution in [0.5, 0.6) is 0 Å². The van der Waals surface area contributed by atoms with Gasteiger partial charge in [0.25, 0.3) is 0 Å². The highest BCUT2D eigenvalue weighted by molar-refractivity contribution is 6.03. The van der Waals surface area contributed by atoms with Crippen molar-refractivity contribution in [1.29, 1.82) is 5.26 Å². The smallest absolute Gasteiger partial charge is 0.406 e. The van der Waals surface area contributed by atoms with Gasteiger partial charge in [-0.15, -0.1) is 0 Å². The van der Waals surface area contributed by atoms with Crippen LogP contribution in [0, 0.1) is 11.3 Å². The topological polar surface area (TPSA) is 100 Å². The standard InChI is InChI=1S/C23H17N5O2/c1-23(2,13-24)16-4-6-17(7-5-16)28-21-18-9-14(15-10-26-27-11-15)3-8-19(18)25-12-20(21)30-22(28)29/h3-12H,1-2H3,(H,26,27). The molecule has 0 amide bonds. The van der Waals surface area contributed by atoms with Crippen LogP contribution in [0.4, 0.5) is 0 Å². The van der Waals surface area contributed by atoms with Gasteiger partial charge in [-0.3, -0.25) is 10.1 Å². The largest absolute Gasteiger partial charge is 0.424 e. The van der Waals surface area contributed by atoms with E-state index in [2.05, 4.69) is 21.3 Å². The van der Waals surface area contributed by atoms with Gasteiger partial charge in [-0.05, 0) is 49.2 Å². The minimum absolute atomic E-state index is 0.415. The molecule has 0 radical (unpaired) electrons. The lowest BCUT2D eigenvalue weighted by atomic mass is 9.86. The maximum absolute atomic E-state index is 12.7. The van der Waals surface area contributed by atoms with Gasteiger partial charge in [0.05, 0.1) is 35.1 Å². The number of benzene rings is 2. The van der Waals surface area contributed by atoms with Crippen LogP contribution in [0.1, 0.15) is 19.4 Å². The fraction of sp³-hybridized carbons (Fsp3) is 0.130. The summed E-state index contributed by atoms with van der Waals surface area (Å²) in [5, 5.41) is 17.0. The summed E-state index contributed by atoms with van der Waals surface area (Å²) >= 11 is 0. The van der Waals surface area contributed by atoms with Gasteiger partial charge in [0.1, 0.15) is 5.52 Å². The number of hydrogen-bond donors (Lipinski definition) is 1. The molecule has 0 saturated heterocycles. The predicted octanol–water partition coefficient (Wildman–Crippen LogP) is 4.32. The van der Waals surface area contributed by atoms with E-state index in [1.165, 1.54) is 0 Å². The molecule has 2 aromatic carbocycles. The summed E-state index contributed by atoms with van der Waals surface area (Å²) < 4.78 is 7.03. The van der Waals surface area contributed by atoms with Crippen molar-refractivity contribution >= 4 is 22.0 Å². The molecule has 5 aromatic rings. The molecule has 0 saturated carbocycles. The Balaban J connectivity index is 1.76. The van der Waals surface area contributed by atoms with Crippen molar-refractivity contribution < 1.29 is 4.42 Å². The molecule has 0 bridgehead atoms. The highest BCUT2D eigenvalue weighted by Crippen LogP contribution is 2.30. The molecule has 146 valence electrons. The molecule has 3 heterocycles. The molecule has 30 heavy (non-hydrogen) atoms. The summed E-state index contributed by atoms with van der Waals surface area (Å²) in [6.07, 6.45) is 5.12. The van der Waals surface area contributed by atoms with Crippen LogP contribution in [0.3, 0.4) is 0 Å². The first-order chi connectivity index (χ1) is 14.5. The van der Waals surface area contributed by atoms with Gasteiger partial charge >= 0.3 is 5.76 Å². The van der Waals surface area contributed by atoms with E-state index in [0.29, 0.717) is 16.8 Å². The van der Waals surface area contributed by atoms with E-state index in [4.69, 9.17) is 4.42 Å². The quantitative estimate of drug-likeness (QED) is 0.490. The van der Waals surface area contributed by atoms with Crippen LogP contribution in [-0.4, -0.2) is 19.7 Å². The number of pyridine rings is 1. The van der Waals surface area contributed by atoms with E-state index in [-0.39, 0.29) is 0 Å². The van der Waals surface area contributed by atoms with Crippen molar-refractivity contribution in [3.8, 4) is 22.9 Å². The number of rotatable bonds is 3. The molecule has 3 aromatic heterocycles. The summed E-state index contributed by atoms with van der Waals surface area (Å²) in [5.74, 6) is -0.486. The molecule has 0 unspecified atom stereocenters. The Morgan fingerprint density at radius 2 is 1.90 bits per heavy atom. The number of oxazole rings is 1. The minimum atomic E-state index is -0.613. The van der Waals surface area contributed by atoms with Gasteiger partial charge in [0.2, 0.25) is 0 Å². The first-order valence-corrected chi connectivity index (χ1v) is 9.43. The molecule has 0 aliphatic heterocycles. The van der Waals surface area contributed by atoms with E-state index in [0.717, 1.165) is 27.6 Å². The lowest BCUT2D eigenvalue weighted by Gasteiger charge is -2.16. The molecular formula is C23H17N5O2. The van der Waals surface area contributed by atoms with E-state index < -0.39 is 11.2 Å². The monoisotopic (exact) mass is 395 g/mol. The SMILES string of the molecule is CC(C)(C#N)c1ccc(-n2c(=O)oc3cnc4ccc(-c5cn[nH]c5)cc4c32)cc1. The third kappa shape index (κ3) is 2.70. The van der Waals surface area contributed by atoms with Crippen LogP contribution in [0.15, 0.2) is 70.3 Å². The fourth-order valence-electron chi connectivity index (χ4n) is 3.61. The molecule has 7 heteroatoms. The second kappa shape index (κ2) is 6.42. The van der Waals surface area contributed by atoms with E-state index >= 15 is 0 Å². The Bertz CT molecular complexity index is 1480. The zero-order chi connectivity index (χ0) is 20.9. The Morgan fingerprint density at radius 1 is 1.10 bits per heavy atom. The Hall–Kier alpha value is -4.18. The first kappa shape index (κ1) is 17.9. The zero-order valence-electron chi connectivity index (χ0n) is 16.4. The van der Waals surface area contributed by atoms with Gasteiger partial charge in [0, 0.05) is 17.1 Å². The lowest BCUT2D eigenvalue weighted by Crippen LogP contribution is -2.15. The average Bonchev–Trinajstić information content (AvgIpc) is 3.41. The second-order valence-electron chi connectivity index (χ2n) is 7.68. The number of hydrogen-bond acceptors (Lipinski definition) is 5. The second-order valence-corrected chi connectivity index (χ2v) is 7.68. The zero-order valence-corrected chi connectivity index (χ0v) is 16.4. The van der Waals surface area contributed by atoms with E-state index in [1.54, 1.807) is 17.0 Å². The van der Waals surface area contributed by atoms with Gasteiger partial charge in [0.15, 0.2) is 5.58 Å².